The van der Waals surface area contributed by atoms with Gasteiger partial charge in [-0.3, -0.25) is 4.79 Å². The fourth-order valence-corrected chi connectivity index (χ4v) is 3.98. The summed E-state index contributed by atoms with van der Waals surface area (Å²) in [5, 5.41) is 0. The number of sulfonamides is 1. The Morgan fingerprint density at radius 3 is 2.38 bits per heavy atom. The summed E-state index contributed by atoms with van der Waals surface area (Å²) in [5.74, 6) is -3.37. The van der Waals surface area contributed by atoms with Crippen LogP contribution < -0.4 is 9.62 Å². The molecule has 0 bridgehead atoms. The number of nitrogens with one attached hydrogen (secondary N) is 1. The summed E-state index contributed by atoms with van der Waals surface area (Å²) in [5.41, 5.74) is 0.824. The van der Waals surface area contributed by atoms with Crippen LogP contribution in [0.4, 0.5) is 18.9 Å². The number of amides is 1. The minimum Gasteiger partial charge on any atom is -0.311 e. The van der Waals surface area contributed by atoms with Crippen LogP contribution >= 0.6 is 0 Å². The maximum atomic E-state index is 13.4. The van der Waals surface area contributed by atoms with Crippen molar-refractivity contribution in [1.82, 2.24) is 4.72 Å². The van der Waals surface area contributed by atoms with Crippen LogP contribution in [0.15, 0.2) is 41.3 Å². The molecule has 3 rings (SSSR count). The molecule has 1 saturated heterocycles. The molecule has 1 fully saturated rings. The number of carbonyl (C=O) groups is 1. The lowest BCUT2D eigenvalue weighted by molar-refractivity contribution is -0.118. The van der Waals surface area contributed by atoms with Gasteiger partial charge in [0.1, 0.15) is 11.9 Å². The van der Waals surface area contributed by atoms with Crippen molar-refractivity contribution in [3.05, 3.63) is 59.4 Å². The van der Waals surface area contributed by atoms with Gasteiger partial charge in [-0.1, -0.05) is 0 Å². The lowest BCUT2D eigenvalue weighted by Crippen LogP contribution is -2.41. The topological polar surface area (TPSA) is 66.5 Å². The van der Waals surface area contributed by atoms with Crippen molar-refractivity contribution in [3.8, 4) is 0 Å². The number of anilines is 1. The van der Waals surface area contributed by atoms with Crippen LogP contribution in [-0.2, 0) is 14.8 Å². The zero-order valence-corrected chi connectivity index (χ0v) is 14.5. The molecule has 1 aliphatic rings. The Bertz CT molecular complexity index is 979. The average Bonchev–Trinajstić information content (AvgIpc) is 2.93. The molecule has 1 N–H and O–H groups in total. The molecule has 138 valence electrons. The van der Waals surface area contributed by atoms with E-state index in [0.717, 1.165) is 6.07 Å². The van der Waals surface area contributed by atoms with Crippen molar-refractivity contribution < 1.29 is 26.4 Å². The van der Waals surface area contributed by atoms with Crippen molar-refractivity contribution in [2.24, 2.45) is 0 Å². The van der Waals surface area contributed by atoms with E-state index in [-0.39, 0.29) is 13.0 Å². The second-order valence-electron chi connectivity index (χ2n) is 5.96. The smallest absolute Gasteiger partial charge is 0.245 e. The summed E-state index contributed by atoms with van der Waals surface area (Å²) >= 11 is 0. The highest BCUT2D eigenvalue weighted by atomic mass is 32.2. The Kier molecular flexibility index (Phi) is 4.76. The second-order valence-corrected chi connectivity index (χ2v) is 7.68. The van der Waals surface area contributed by atoms with E-state index in [1.807, 2.05) is 0 Å². The van der Waals surface area contributed by atoms with Gasteiger partial charge < -0.3 is 4.90 Å². The Morgan fingerprint density at radius 1 is 1.04 bits per heavy atom. The van der Waals surface area contributed by atoms with E-state index in [1.54, 1.807) is 6.92 Å². The Labute approximate surface area is 148 Å². The number of hydrogen-bond acceptors (Lipinski definition) is 3. The summed E-state index contributed by atoms with van der Waals surface area (Å²) in [4.78, 5) is 13.4. The molecule has 1 amide bonds. The van der Waals surface area contributed by atoms with E-state index in [9.17, 15) is 26.4 Å². The molecule has 1 heterocycles. The molecule has 2 aromatic carbocycles. The van der Waals surface area contributed by atoms with Crippen molar-refractivity contribution >= 4 is 21.6 Å². The van der Waals surface area contributed by atoms with Crippen LogP contribution in [0.25, 0.3) is 0 Å². The zero-order valence-electron chi connectivity index (χ0n) is 13.7. The number of nitrogens with zero attached hydrogens (tertiary/aromatic N) is 1. The van der Waals surface area contributed by atoms with Crippen molar-refractivity contribution in [3.63, 3.8) is 0 Å². The van der Waals surface area contributed by atoms with Gasteiger partial charge >= 0.3 is 0 Å². The van der Waals surface area contributed by atoms with Gasteiger partial charge in [-0.15, -0.1) is 0 Å². The third-order valence-electron chi connectivity index (χ3n) is 4.16. The molecule has 9 heteroatoms. The van der Waals surface area contributed by atoms with Gasteiger partial charge in [-0.05, 0) is 55.3 Å². The van der Waals surface area contributed by atoms with E-state index in [0.29, 0.717) is 23.4 Å². The van der Waals surface area contributed by atoms with Crippen LogP contribution in [-0.4, -0.2) is 26.9 Å². The highest BCUT2D eigenvalue weighted by Crippen LogP contribution is 2.25. The van der Waals surface area contributed by atoms with E-state index in [1.165, 1.54) is 23.1 Å². The van der Waals surface area contributed by atoms with Crippen molar-refractivity contribution in [1.29, 1.82) is 0 Å². The number of aryl methyl sites for hydroxylation is 1. The third-order valence-corrected chi connectivity index (χ3v) is 5.63. The van der Waals surface area contributed by atoms with E-state index < -0.39 is 44.3 Å². The average molecular weight is 384 g/mol. The third kappa shape index (κ3) is 3.45. The summed E-state index contributed by atoms with van der Waals surface area (Å²) in [6, 6.07) is 5.30. The molecule has 0 aliphatic carbocycles. The van der Waals surface area contributed by atoms with Crippen LogP contribution in [0.3, 0.4) is 0 Å². The van der Waals surface area contributed by atoms with Crippen LogP contribution in [0.1, 0.15) is 12.0 Å². The Hall–Kier alpha value is -2.39. The molecule has 2 aromatic rings. The first-order valence-electron chi connectivity index (χ1n) is 7.74. The standard InChI is InChI=1S/C17H15F3N2O3S/c1-10-8-11(2-4-13(10)18)22-7-6-16(17(22)23)21-26(24,25)12-3-5-14(19)15(20)9-12/h2-5,8-9,16,21H,6-7H2,1H3/t16-/m1/s1. The largest absolute Gasteiger partial charge is 0.311 e. The molecule has 0 unspecified atom stereocenters. The molecular weight excluding hydrogens is 369 g/mol. The Balaban J connectivity index is 1.79. The van der Waals surface area contributed by atoms with Gasteiger partial charge in [0.2, 0.25) is 15.9 Å². The van der Waals surface area contributed by atoms with Gasteiger partial charge in [-0.25, -0.2) is 21.6 Å². The highest BCUT2D eigenvalue weighted by molar-refractivity contribution is 7.89. The minimum absolute atomic E-state index is 0.193. The molecule has 0 aromatic heterocycles. The summed E-state index contributed by atoms with van der Waals surface area (Å²) in [6.45, 7) is 1.80. The fraction of sp³-hybridized carbons (Fsp3) is 0.235. The SMILES string of the molecule is Cc1cc(N2CC[C@@H](NS(=O)(=O)c3ccc(F)c(F)c3)C2=O)ccc1F. The van der Waals surface area contributed by atoms with Crippen LogP contribution in [0.2, 0.25) is 0 Å². The van der Waals surface area contributed by atoms with E-state index >= 15 is 0 Å². The predicted molar refractivity (Wildman–Crippen MR) is 88.6 cm³/mol. The van der Waals surface area contributed by atoms with Gasteiger partial charge in [0, 0.05) is 12.2 Å². The number of benzene rings is 2. The first-order chi connectivity index (χ1) is 12.2. The number of halogens is 3. The van der Waals surface area contributed by atoms with E-state index in [2.05, 4.69) is 4.72 Å². The predicted octanol–water partition coefficient (Wildman–Crippen LogP) is 2.50. The molecular formula is C17H15F3N2O3S. The molecule has 0 spiro atoms. The van der Waals surface area contributed by atoms with Crippen molar-refractivity contribution in [2.45, 2.75) is 24.3 Å². The number of hydrogen-bond donors (Lipinski definition) is 1. The summed E-state index contributed by atoms with van der Waals surface area (Å²) < 4.78 is 66.5. The maximum absolute atomic E-state index is 13.4. The highest BCUT2D eigenvalue weighted by Gasteiger charge is 2.36. The second kappa shape index (κ2) is 6.73. The number of rotatable bonds is 4. The van der Waals surface area contributed by atoms with Crippen molar-refractivity contribution in [2.75, 3.05) is 11.4 Å². The molecule has 5 nitrogen and oxygen atoms in total. The van der Waals surface area contributed by atoms with Gasteiger partial charge in [0.05, 0.1) is 4.90 Å². The first-order valence-corrected chi connectivity index (χ1v) is 9.22. The zero-order chi connectivity index (χ0) is 19.1. The molecule has 1 atom stereocenters. The van der Waals surface area contributed by atoms with Gasteiger partial charge in [0.15, 0.2) is 11.6 Å². The quantitative estimate of drug-likeness (QED) is 0.881. The lowest BCUT2D eigenvalue weighted by Gasteiger charge is -2.18. The summed E-state index contributed by atoms with van der Waals surface area (Å²) in [7, 11) is -4.20. The normalized spacial score (nSPS) is 17.8. The summed E-state index contributed by atoms with van der Waals surface area (Å²) in [6.07, 6.45) is 0.193. The molecule has 26 heavy (non-hydrogen) atoms. The molecule has 0 saturated carbocycles. The van der Waals surface area contributed by atoms with Gasteiger partial charge in [0.25, 0.3) is 0 Å². The first kappa shape index (κ1) is 18.4. The molecule has 0 radical (unpaired) electrons. The van der Waals surface area contributed by atoms with Crippen LogP contribution in [0, 0.1) is 24.4 Å². The minimum atomic E-state index is -4.20. The number of carbonyl (C=O) groups excluding carboxylic acids is 1. The Morgan fingerprint density at radius 2 is 1.73 bits per heavy atom. The maximum Gasteiger partial charge on any atom is 0.245 e. The fourth-order valence-electron chi connectivity index (χ4n) is 2.74. The van der Waals surface area contributed by atoms with Gasteiger partial charge in [-0.2, -0.15) is 4.72 Å². The lowest BCUT2D eigenvalue weighted by atomic mass is 10.2. The molecule has 1 aliphatic heterocycles. The van der Waals surface area contributed by atoms with E-state index in [4.69, 9.17) is 0 Å². The van der Waals surface area contributed by atoms with Crippen LogP contribution in [0.5, 0.6) is 0 Å². The monoisotopic (exact) mass is 384 g/mol.